The van der Waals surface area contributed by atoms with Gasteiger partial charge in [-0.25, -0.2) is 25.1 Å². The molecule has 1 aliphatic heterocycles. The molecule has 1 N–H and O–H groups in total. The monoisotopic (exact) mass is 421 g/mol. The molecule has 0 saturated carbocycles. The number of β-lactam (4-membered cyclic amide) rings is 1. The van der Waals surface area contributed by atoms with E-state index in [2.05, 4.69) is 5.43 Å². The van der Waals surface area contributed by atoms with Crippen molar-refractivity contribution in [2.75, 3.05) is 0 Å². The first-order valence-electron chi connectivity index (χ1n) is 9.80. The van der Waals surface area contributed by atoms with Crippen LogP contribution in [0.5, 0.6) is 0 Å². The zero-order valence-corrected chi connectivity index (χ0v) is 18.6. The molecule has 1 fully saturated rings. The Morgan fingerprint density at radius 3 is 2.10 bits per heavy atom. The summed E-state index contributed by atoms with van der Waals surface area (Å²) in [7, 11) is 0. The fourth-order valence-electron chi connectivity index (χ4n) is 2.75. The number of nitrogens with zero attached hydrogens (tertiary/aromatic N) is 2. The number of hydrogen-bond donors (Lipinski definition) is 1. The molecule has 0 unspecified atom stereocenters. The van der Waals surface area contributed by atoms with Crippen molar-refractivity contribution in [3.8, 4) is 0 Å². The summed E-state index contributed by atoms with van der Waals surface area (Å²) >= 11 is 0. The average molecular weight is 421 g/mol. The van der Waals surface area contributed by atoms with Crippen LogP contribution in [0, 0.1) is 0 Å². The van der Waals surface area contributed by atoms with E-state index in [4.69, 9.17) is 14.3 Å². The van der Waals surface area contributed by atoms with Crippen molar-refractivity contribution in [3.05, 3.63) is 35.9 Å². The van der Waals surface area contributed by atoms with Gasteiger partial charge in [0.05, 0.1) is 6.04 Å². The van der Waals surface area contributed by atoms with Crippen molar-refractivity contribution in [2.24, 2.45) is 0 Å². The minimum atomic E-state index is -0.983. The summed E-state index contributed by atoms with van der Waals surface area (Å²) in [5.41, 5.74) is 1.66. The number of ether oxygens (including phenoxy) is 2. The highest BCUT2D eigenvalue weighted by Gasteiger charge is 2.53. The van der Waals surface area contributed by atoms with E-state index in [1.165, 1.54) is 5.06 Å². The molecule has 3 amide bonds. The Labute approximate surface area is 177 Å². The Morgan fingerprint density at radius 1 is 1.03 bits per heavy atom. The maximum Gasteiger partial charge on any atom is 0.430 e. The van der Waals surface area contributed by atoms with Crippen molar-refractivity contribution in [1.82, 2.24) is 15.5 Å². The summed E-state index contributed by atoms with van der Waals surface area (Å²) in [6, 6.07) is 7.90. The van der Waals surface area contributed by atoms with Crippen LogP contribution in [0.3, 0.4) is 0 Å². The lowest BCUT2D eigenvalue weighted by Gasteiger charge is -2.47. The predicted octanol–water partition coefficient (Wildman–Crippen LogP) is 3.39. The Balaban J connectivity index is 2.10. The lowest BCUT2D eigenvalue weighted by atomic mass is 10.00. The van der Waals surface area contributed by atoms with Crippen molar-refractivity contribution >= 4 is 18.1 Å². The smallest absolute Gasteiger partial charge is 0.430 e. The summed E-state index contributed by atoms with van der Waals surface area (Å²) in [5.74, 6) is -0.472. The number of amides is 3. The third-order valence-corrected chi connectivity index (χ3v) is 3.99. The molecule has 9 heteroatoms. The Hall–Kier alpha value is -2.81. The number of carbonyl (C=O) groups excluding carboxylic acids is 3. The Kier molecular flexibility index (Phi) is 6.97. The van der Waals surface area contributed by atoms with E-state index >= 15 is 0 Å². The van der Waals surface area contributed by atoms with Crippen LogP contribution in [-0.4, -0.2) is 51.5 Å². The van der Waals surface area contributed by atoms with Gasteiger partial charge in [-0.2, -0.15) is 0 Å². The number of hydrogen-bond acceptors (Lipinski definition) is 6. The standard InChI is InChI=1S/C21H31N3O6/c1-14-16(17(25)24(14)28-13-15-11-9-8-10-12-15)23(19(27)30-21(5,6)7)22-18(26)29-20(2,3)4/h8-12,14,16H,13H2,1-7H3,(H,22,26)/t14-,16+/m1/s1. The molecule has 1 aromatic carbocycles. The first kappa shape index (κ1) is 23.5. The number of hydroxylamine groups is 2. The van der Waals surface area contributed by atoms with E-state index in [1.807, 2.05) is 30.3 Å². The first-order chi connectivity index (χ1) is 13.8. The van der Waals surface area contributed by atoms with Crippen LogP contribution < -0.4 is 5.43 Å². The van der Waals surface area contributed by atoms with Gasteiger partial charge < -0.3 is 9.47 Å². The molecule has 2 atom stereocenters. The molecule has 1 aromatic rings. The first-order valence-corrected chi connectivity index (χ1v) is 9.80. The number of nitrogens with one attached hydrogen (secondary N) is 1. The normalized spacial score (nSPS) is 19.0. The van der Waals surface area contributed by atoms with E-state index in [0.29, 0.717) is 0 Å². The third-order valence-electron chi connectivity index (χ3n) is 3.99. The second-order valence-corrected chi connectivity index (χ2v) is 9.07. The third kappa shape index (κ3) is 6.35. The SMILES string of the molecule is C[C@@H]1[C@H](N(NC(=O)OC(C)(C)C)C(=O)OC(C)(C)C)C(=O)N1OCc1ccccc1. The van der Waals surface area contributed by atoms with Crippen molar-refractivity contribution in [3.63, 3.8) is 0 Å². The molecule has 0 aliphatic carbocycles. The predicted molar refractivity (Wildman–Crippen MR) is 109 cm³/mol. The summed E-state index contributed by atoms with van der Waals surface area (Å²) in [6.45, 7) is 12.1. The summed E-state index contributed by atoms with van der Waals surface area (Å²) in [4.78, 5) is 43.3. The molecule has 0 radical (unpaired) electrons. The van der Waals surface area contributed by atoms with Gasteiger partial charge in [-0.15, -0.1) is 0 Å². The zero-order chi connectivity index (χ0) is 22.7. The van der Waals surface area contributed by atoms with Gasteiger partial charge in [0.2, 0.25) is 0 Å². The minimum Gasteiger partial charge on any atom is -0.443 e. The highest BCUT2D eigenvalue weighted by atomic mass is 16.7. The molecule has 0 bridgehead atoms. The van der Waals surface area contributed by atoms with Gasteiger partial charge in [-0.05, 0) is 54.0 Å². The second-order valence-electron chi connectivity index (χ2n) is 9.07. The number of carbonyl (C=O) groups is 3. The second kappa shape index (κ2) is 8.91. The molecule has 0 spiro atoms. The lowest BCUT2D eigenvalue weighted by molar-refractivity contribution is -0.248. The van der Waals surface area contributed by atoms with Gasteiger partial charge in [-0.3, -0.25) is 9.63 Å². The number of benzene rings is 1. The maximum atomic E-state index is 12.7. The van der Waals surface area contributed by atoms with Crippen LogP contribution in [0.2, 0.25) is 0 Å². The summed E-state index contributed by atoms with van der Waals surface area (Å²) in [6.07, 6.45) is -1.72. The van der Waals surface area contributed by atoms with Crippen LogP contribution in [0.25, 0.3) is 0 Å². The molecule has 166 valence electrons. The summed E-state index contributed by atoms with van der Waals surface area (Å²) < 4.78 is 10.6. The molecular formula is C21H31N3O6. The van der Waals surface area contributed by atoms with Crippen LogP contribution >= 0.6 is 0 Å². The quantitative estimate of drug-likeness (QED) is 0.591. The lowest BCUT2D eigenvalue weighted by Crippen LogP contribution is -2.73. The van der Waals surface area contributed by atoms with E-state index < -0.39 is 41.4 Å². The topological polar surface area (TPSA) is 97.4 Å². The molecule has 0 aromatic heterocycles. The van der Waals surface area contributed by atoms with Gasteiger partial charge in [0.25, 0.3) is 5.91 Å². The van der Waals surface area contributed by atoms with Crippen molar-refractivity contribution in [1.29, 1.82) is 0 Å². The van der Waals surface area contributed by atoms with Crippen LogP contribution in [-0.2, 0) is 25.7 Å². The maximum absolute atomic E-state index is 12.7. The van der Waals surface area contributed by atoms with Crippen LogP contribution in [0.15, 0.2) is 30.3 Å². The highest BCUT2D eigenvalue weighted by molar-refractivity contribution is 5.92. The zero-order valence-electron chi connectivity index (χ0n) is 18.6. The largest absolute Gasteiger partial charge is 0.443 e. The highest BCUT2D eigenvalue weighted by Crippen LogP contribution is 2.27. The molecule has 2 rings (SSSR count). The molecule has 9 nitrogen and oxygen atoms in total. The van der Waals surface area contributed by atoms with Crippen molar-refractivity contribution < 1.29 is 28.7 Å². The molecular weight excluding hydrogens is 390 g/mol. The van der Waals surface area contributed by atoms with Crippen LogP contribution in [0.1, 0.15) is 54.0 Å². The molecule has 1 aliphatic rings. The van der Waals surface area contributed by atoms with Gasteiger partial charge in [-0.1, -0.05) is 30.3 Å². The number of rotatable bonds is 4. The molecule has 1 saturated heterocycles. The fourth-order valence-corrected chi connectivity index (χ4v) is 2.75. The Bertz CT molecular complexity index is 769. The molecule has 30 heavy (non-hydrogen) atoms. The number of hydrazine groups is 1. The van der Waals surface area contributed by atoms with Crippen LogP contribution in [0.4, 0.5) is 9.59 Å². The van der Waals surface area contributed by atoms with E-state index in [1.54, 1.807) is 48.5 Å². The van der Waals surface area contributed by atoms with Gasteiger partial charge in [0.15, 0.2) is 6.04 Å². The van der Waals surface area contributed by atoms with E-state index in [-0.39, 0.29) is 6.61 Å². The fraction of sp³-hybridized carbons (Fsp3) is 0.571. The van der Waals surface area contributed by atoms with Gasteiger partial charge >= 0.3 is 12.2 Å². The van der Waals surface area contributed by atoms with Gasteiger partial charge in [0.1, 0.15) is 17.8 Å². The summed E-state index contributed by atoms with van der Waals surface area (Å²) in [5, 5.41) is 2.06. The van der Waals surface area contributed by atoms with E-state index in [0.717, 1.165) is 10.6 Å². The van der Waals surface area contributed by atoms with E-state index in [9.17, 15) is 14.4 Å². The molecule has 1 heterocycles. The van der Waals surface area contributed by atoms with Crippen molar-refractivity contribution in [2.45, 2.75) is 78.4 Å². The minimum absolute atomic E-state index is 0.204. The average Bonchev–Trinajstić information content (AvgIpc) is 2.59. The van der Waals surface area contributed by atoms with Gasteiger partial charge in [0, 0.05) is 0 Å². The Morgan fingerprint density at radius 2 is 1.60 bits per heavy atom.